The number of hydrogen-bond acceptors (Lipinski definition) is 7. The van der Waals surface area contributed by atoms with Crippen molar-refractivity contribution in [3.63, 3.8) is 0 Å². The summed E-state index contributed by atoms with van der Waals surface area (Å²) in [6.07, 6.45) is 0.362. The number of aliphatic hydroxyl groups is 2. The molecule has 7 heteroatoms. The van der Waals surface area contributed by atoms with Crippen molar-refractivity contribution in [1.29, 1.82) is 0 Å². The Hall–Kier alpha value is -1.80. The fraction of sp³-hybridized carbons (Fsp3) is 0.556. The van der Waals surface area contributed by atoms with Crippen LogP contribution in [-0.4, -0.2) is 60.9 Å². The molecule has 3 heterocycles. The fourth-order valence-electron chi connectivity index (χ4n) is 4.77. The standard InChI is InChI=1S/C18H21NO6/c1-19-4-3-8-5-10(20)15-13(14(8)19)12-9(18(21)25-15)6-11-16(17(12)22-2)24-7-23-11/h5-6,10,13-15,18,20-21H,3-4,7H2,1-2H3. The van der Waals surface area contributed by atoms with Gasteiger partial charge in [-0.3, -0.25) is 4.90 Å². The molecule has 0 radical (unpaired) electrons. The summed E-state index contributed by atoms with van der Waals surface area (Å²) in [5, 5.41) is 21.2. The summed E-state index contributed by atoms with van der Waals surface area (Å²) in [5.41, 5.74) is 2.68. The number of benzene rings is 1. The van der Waals surface area contributed by atoms with Crippen LogP contribution in [0.5, 0.6) is 17.2 Å². The van der Waals surface area contributed by atoms with Crippen LogP contribution >= 0.6 is 0 Å². The smallest absolute Gasteiger partial charge is 0.231 e. The third-order valence-electron chi connectivity index (χ3n) is 5.80. The maximum atomic E-state index is 10.6. The summed E-state index contributed by atoms with van der Waals surface area (Å²) in [6, 6.07) is 1.87. The van der Waals surface area contributed by atoms with E-state index in [0.717, 1.165) is 18.5 Å². The van der Waals surface area contributed by atoms with Crippen LogP contribution in [0.1, 0.15) is 29.8 Å². The highest BCUT2D eigenvalue weighted by Gasteiger charge is 2.51. The van der Waals surface area contributed by atoms with Crippen molar-refractivity contribution in [2.45, 2.75) is 36.9 Å². The number of rotatable bonds is 1. The van der Waals surface area contributed by atoms with Crippen LogP contribution in [0.25, 0.3) is 0 Å². The van der Waals surface area contributed by atoms with Crippen molar-refractivity contribution in [3.8, 4) is 17.2 Å². The van der Waals surface area contributed by atoms with Crippen molar-refractivity contribution in [2.75, 3.05) is 27.5 Å². The van der Waals surface area contributed by atoms with E-state index in [-0.39, 0.29) is 18.8 Å². The Balaban J connectivity index is 1.75. The lowest BCUT2D eigenvalue weighted by Gasteiger charge is -2.46. The average molecular weight is 347 g/mol. The molecule has 4 aliphatic rings. The molecule has 2 N–H and O–H groups in total. The number of nitrogens with zero attached hydrogens (tertiary/aromatic N) is 1. The van der Waals surface area contributed by atoms with E-state index in [1.54, 1.807) is 13.2 Å². The molecule has 134 valence electrons. The molecule has 1 aromatic rings. The monoisotopic (exact) mass is 347 g/mol. The van der Waals surface area contributed by atoms with Crippen LogP contribution in [0.15, 0.2) is 17.7 Å². The second-order valence-electron chi connectivity index (χ2n) is 7.03. The zero-order valence-electron chi connectivity index (χ0n) is 14.1. The Bertz CT molecular complexity index is 762. The molecule has 0 saturated carbocycles. The molecule has 0 amide bonds. The molecule has 5 atom stereocenters. The second kappa shape index (κ2) is 5.35. The fourth-order valence-corrected chi connectivity index (χ4v) is 4.77. The molecule has 7 nitrogen and oxygen atoms in total. The van der Waals surface area contributed by atoms with Gasteiger partial charge in [0.2, 0.25) is 12.5 Å². The quantitative estimate of drug-likeness (QED) is 0.731. The Morgan fingerprint density at radius 3 is 2.92 bits per heavy atom. The van der Waals surface area contributed by atoms with Crippen molar-refractivity contribution < 1.29 is 29.2 Å². The first-order valence-corrected chi connectivity index (χ1v) is 8.53. The summed E-state index contributed by atoms with van der Waals surface area (Å²) in [5.74, 6) is 1.52. The third-order valence-corrected chi connectivity index (χ3v) is 5.80. The molecule has 1 aromatic carbocycles. The van der Waals surface area contributed by atoms with Gasteiger partial charge in [-0.1, -0.05) is 11.6 Å². The highest BCUT2D eigenvalue weighted by molar-refractivity contribution is 5.63. The summed E-state index contributed by atoms with van der Waals surface area (Å²) in [6.45, 7) is 1.05. The van der Waals surface area contributed by atoms with Gasteiger partial charge in [0.15, 0.2) is 17.8 Å². The van der Waals surface area contributed by atoms with Crippen LogP contribution in [0, 0.1) is 0 Å². The van der Waals surface area contributed by atoms with Gasteiger partial charge in [0, 0.05) is 29.6 Å². The number of hydrogen-bond donors (Lipinski definition) is 2. The van der Waals surface area contributed by atoms with E-state index in [2.05, 4.69) is 11.9 Å². The highest BCUT2D eigenvalue weighted by atomic mass is 16.7. The molecule has 3 aliphatic heterocycles. The predicted molar refractivity (Wildman–Crippen MR) is 86.8 cm³/mol. The largest absolute Gasteiger partial charge is 0.492 e. The van der Waals surface area contributed by atoms with Gasteiger partial charge < -0.3 is 29.2 Å². The first kappa shape index (κ1) is 15.5. The van der Waals surface area contributed by atoms with Gasteiger partial charge in [-0.2, -0.15) is 0 Å². The summed E-state index contributed by atoms with van der Waals surface area (Å²) >= 11 is 0. The molecule has 0 bridgehead atoms. The second-order valence-corrected chi connectivity index (χ2v) is 7.03. The highest BCUT2D eigenvalue weighted by Crippen LogP contribution is 2.56. The first-order valence-electron chi connectivity index (χ1n) is 8.53. The number of likely N-dealkylation sites (N-methyl/N-ethyl adjacent to an activating group) is 1. The topological polar surface area (TPSA) is 80.6 Å². The van der Waals surface area contributed by atoms with Crippen LogP contribution < -0.4 is 14.2 Å². The van der Waals surface area contributed by atoms with E-state index in [0.29, 0.717) is 22.8 Å². The summed E-state index contributed by atoms with van der Waals surface area (Å²) < 4.78 is 22.6. The van der Waals surface area contributed by atoms with Gasteiger partial charge in [0.25, 0.3) is 0 Å². The van der Waals surface area contributed by atoms with E-state index in [1.165, 1.54) is 5.57 Å². The zero-order chi connectivity index (χ0) is 17.3. The van der Waals surface area contributed by atoms with Gasteiger partial charge in [0.05, 0.1) is 19.3 Å². The maximum absolute atomic E-state index is 10.6. The SMILES string of the molecule is COc1c2c(cc3c1C1C(OC3O)C(O)C=C3CCN(C)C31)OCO2. The molecule has 25 heavy (non-hydrogen) atoms. The van der Waals surface area contributed by atoms with Crippen molar-refractivity contribution in [2.24, 2.45) is 0 Å². The van der Waals surface area contributed by atoms with E-state index in [4.69, 9.17) is 18.9 Å². The van der Waals surface area contributed by atoms with Crippen molar-refractivity contribution in [1.82, 2.24) is 4.90 Å². The molecule has 0 aromatic heterocycles. The third kappa shape index (κ3) is 2.01. The summed E-state index contributed by atoms with van der Waals surface area (Å²) in [4.78, 5) is 2.27. The lowest BCUT2D eigenvalue weighted by atomic mass is 9.73. The normalized spacial score (nSPS) is 35.7. The zero-order valence-corrected chi connectivity index (χ0v) is 14.1. The van der Waals surface area contributed by atoms with Gasteiger partial charge in [-0.25, -0.2) is 0 Å². The first-order chi connectivity index (χ1) is 12.1. The predicted octanol–water partition coefficient (Wildman–Crippen LogP) is 0.902. The maximum Gasteiger partial charge on any atom is 0.231 e. The Morgan fingerprint density at radius 2 is 2.12 bits per heavy atom. The van der Waals surface area contributed by atoms with Gasteiger partial charge >= 0.3 is 0 Å². The van der Waals surface area contributed by atoms with E-state index in [1.807, 2.05) is 6.08 Å². The molecule has 1 saturated heterocycles. The molecular weight excluding hydrogens is 326 g/mol. The number of fused-ring (bicyclic) bond motifs is 6. The molecule has 1 fully saturated rings. The van der Waals surface area contributed by atoms with Crippen LogP contribution in [-0.2, 0) is 4.74 Å². The Kier molecular flexibility index (Phi) is 3.31. The van der Waals surface area contributed by atoms with Crippen molar-refractivity contribution in [3.05, 3.63) is 28.8 Å². The van der Waals surface area contributed by atoms with Crippen LogP contribution in [0.4, 0.5) is 0 Å². The molecule has 5 rings (SSSR count). The minimum atomic E-state index is -1.14. The Labute approximate surface area is 145 Å². The van der Waals surface area contributed by atoms with Gasteiger partial charge in [-0.05, 0) is 19.5 Å². The van der Waals surface area contributed by atoms with Crippen molar-refractivity contribution >= 4 is 0 Å². The van der Waals surface area contributed by atoms with Crippen LogP contribution in [0.3, 0.4) is 0 Å². The number of likely N-dealkylation sites (tertiary alicyclic amines) is 1. The van der Waals surface area contributed by atoms with E-state index < -0.39 is 18.5 Å². The van der Waals surface area contributed by atoms with Crippen LogP contribution in [0.2, 0.25) is 0 Å². The number of methoxy groups -OCH3 is 1. The lowest BCUT2D eigenvalue weighted by Crippen LogP contribution is -2.50. The minimum Gasteiger partial charge on any atom is -0.492 e. The molecular formula is C18H21NO6. The number of ether oxygens (including phenoxy) is 4. The molecule has 1 aliphatic carbocycles. The minimum absolute atomic E-state index is 0.105. The Morgan fingerprint density at radius 1 is 1.28 bits per heavy atom. The van der Waals surface area contributed by atoms with Gasteiger partial charge in [0.1, 0.15) is 0 Å². The summed E-state index contributed by atoms with van der Waals surface area (Å²) in [7, 11) is 3.66. The lowest BCUT2D eigenvalue weighted by molar-refractivity contribution is -0.186. The van der Waals surface area contributed by atoms with E-state index in [9.17, 15) is 10.2 Å². The molecule has 0 spiro atoms. The van der Waals surface area contributed by atoms with Gasteiger partial charge in [-0.15, -0.1) is 0 Å². The van der Waals surface area contributed by atoms with E-state index >= 15 is 0 Å². The number of aliphatic hydroxyl groups excluding tert-OH is 2. The average Bonchev–Trinajstić information content (AvgIpc) is 3.20. The molecule has 5 unspecified atom stereocenters.